The van der Waals surface area contributed by atoms with E-state index < -0.39 is 12.1 Å². The minimum atomic E-state index is -1.12. The van der Waals surface area contributed by atoms with Crippen LogP contribution in [0.2, 0.25) is 15.1 Å². The lowest BCUT2D eigenvalue weighted by Crippen LogP contribution is -2.28. The first kappa shape index (κ1) is 23.2. The minimum absolute atomic E-state index is 0.184. The first-order valence-electron chi connectivity index (χ1n) is 10.0. The van der Waals surface area contributed by atoms with Crippen molar-refractivity contribution in [2.45, 2.75) is 18.9 Å². The molecule has 4 rings (SSSR count). The Morgan fingerprint density at radius 1 is 0.939 bits per heavy atom. The van der Waals surface area contributed by atoms with E-state index in [2.05, 4.69) is 5.16 Å². The molecule has 0 aliphatic heterocycles. The van der Waals surface area contributed by atoms with Crippen molar-refractivity contribution in [3.05, 3.63) is 93.6 Å². The Balaban J connectivity index is 1.49. The van der Waals surface area contributed by atoms with Crippen molar-refractivity contribution in [2.75, 3.05) is 0 Å². The molecule has 0 spiro atoms. The maximum absolute atomic E-state index is 11.9. The predicted octanol–water partition coefficient (Wildman–Crippen LogP) is 7.43. The van der Waals surface area contributed by atoms with Crippen molar-refractivity contribution in [2.24, 2.45) is 0 Å². The Morgan fingerprint density at radius 3 is 2.21 bits per heavy atom. The molecule has 0 saturated heterocycles. The minimum Gasteiger partial charge on any atom is -0.479 e. The van der Waals surface area contributed by atoms with Crippen LogP contribution in [0.15, 0.2) is 77.4 Å². The van der Waals surface area contributed by atoms with Gasteiger partial charge in [-0.05, 0) is 53.8 Å². The molecule has 0 bridgehead atoms. The summed E-state index contributed by atoms with van der Waals surface area (Å²) in [5.41, 5.74) is 3.52. The highest BCUT2D eigenvalue weighted by Crippen LogP contribution is 2.40. The van der Waals surface area contributed by atoms with Crippen molar-refractivity contribution in [3.8, 4) is 28.2 Å². The second-order valence-electron chi connectivity index (χ2n) is 7.33. The highest BCUT2D eigenvalue weighted by Gasteiger charge is 2.24. The summed E-state index contributed by atoms with van der Waals surface area (Å²) < 4.78 is 11.0. The van der Waals surface area contributed by atoms with Crippen molar-refractivity contribution < 1.29 is 19.2 Å². The zero-order chi connectivity index (χ0) is 23.4. The van der Waals surface area contributed by atoms with Gasteiger partial charge in [-0.3, -0.25) is 0 Å². The lowest BCUT2D eigenvalue weighted by atomic mass is 10.0. The van der Waals surface area contributed by atoms with Gasteiger partial charge in [-0.2, -0.15) is 0 Å². The third-order valence-electron chi connectivity index (χ3n) is 5.07. The molecule has 4 aromatic rings. The number of halogens is 3. The molecule has 3 aromatic carbocycles. The SMILES string of the molecule is O=C(O)C(CCc1ccc(-c2ccc(Cl)cc2)cc1)Oc1c(Cl)cc(Cl)cc1-c1ccno1. The zero-order valence-electron chi connectivity index (χ0n) is 17.2. The molecule has 168 valence electrons. The Kier molecular flexibility index (Phi) is 7.23. The number of carboxylic acids is 1. The molecular formula is C25H18Cl3NO4. The Labute approximate surface area is 205 Å². The third-order valence-corrected chi connectivity index (χ3v) is 5.82. The summed E-state index contributed by atoms with van der Waals surface area (Å²) >= 11 is 18.4. The summed E-state index contributed by atoms with van der Waals surface area (Å²) in [6.45, 7) is 0. The van der Waals surface area contributed by atoms with E-state index in [9.17, 15) is 9.90 Å². The highest BCUT2D eigenvalue weighted by atomic mass is 35.5. The molecule has 33 heavy (non-hydrogen) atoms. The van der Waals surface area contributed by atoms with E-state index in [1.165, 1.54) is 12.3 Å². The molecule has 8 heteroatoms. The summed E-state index contributed by atoms with van der Waals surface area (Å²) in [4.78, 5) is 11.9. The number of carbonyl (C=O) groups is 1. The molecule has 1 atom stereocenters. The average Bonchev–Trinajstić information content (AvgIpc) is 3.33. The fraction of sp³-hybridized carbons (Fsp3) is 0.120. The van der Waals surface area contributed by atoms with Gasteiger partial charge in [0.1, 0.15) is 5.75 Å². The van der Waals surface area contributed by atoms with E-state index in [1.807, 2.05) is 48.5 Å². The molecule has 5 nitrogen and oxygen atoms in total. The normalized spacial score (nSPS) is 11.8. The van der Waals surface area contributed by atoms with Gasteiger partial charge in [0, 0.05) is 16.1 Å². The molecule has 1 unspecified atom stereocenters. The van der Waals surface area contributed by atoms with E-state index in [-0.39, 0.29) is 17.2 Å². The number of benzene rings is 3. The lowest BCUT2D eigenvalue weighted by Gasteiger charge is -2.18. The number of rotatable bonds is 8. The van der Waals surface area contributed by atoms with Gasteiger partial charge in [0.15, 0.2) is 11.9 Å². The van der Waals surface area contributed by atoms with Gasteiger partial charge >= 0.3 is 5.97 Å². The number of aryl methyl sites for hydroxylation is 1. The summed E-state index contributed by atoms with van der Waals surface area (Å²) in [7, 11) is 0. The molecule has 0 fully saturated rings. The number of aliphatic carboxylic acids is 1. The number of aromatic nitrogens is 1. The maximum Gasteiger partial charge on any atom is 0.344 e. The summed E-state index contributed by atoms with van der Waals surface area (Å²) in [5.74, 6) is -0.540. The van der Waals surface area contributed by atoms with Crippen molar-refractivity contribution in [1.29, 1.82) is 0 Å². The standard InChI is InChI=1S/C25H18Cl3NO4/c26-18-8-6-17(7-9-18)16-4-1-15(2-5-16)3-10-23(25(30)31)32-24-20(22-11-12-29-33-22)13-19(27)14-21(24)28/h1-2,4-9,11-14,23H,3,10H2,(H,30,31). The van der Waals surface area contributed by atoms with Crippen molar-refractivity contribution >= 4 is 40.8 Å². The maximum atomic E-state index is 11.9. The summed E-state index contributed by atoms with van der Waals surface area (Å²) in [5, 5.41) is 14.7. The second-order valence-corrected chi connectivity index (χ2v) is 8.61. The number of hydrogen-bond acceptors (Lipinski definition) is 4. The average molecular weight is 503 g/mol. The van der Waals surface area contributed by atoms with Crippen LogP contribution in [0.4, 0.5) is 0 Å². The van der Waals surface area contributed by atoms with Crippen LogP contribution in [0.25, 0.3) is 22.5 Å². The monoisotopic (exact) mass is 501 g/mol. The van der Waals surface area contributed by atoms with Gasteiger partial charge in [-0.1, -0.05) is 76.4 Å². The smallest absolute Gasteiger partial charge is 0.344 e. The number of carboxylic acid groups (broad SMARTS) is 1. The van der Waals surface area contributed by atoms with Crippen LogP contribution in [0, 0.1) is 0 Å². The van der Waals surface area contributed by atoms with Crippen LogP contribution in [-0.2, 0) is 11.2 Å². The second kappa shape index (κ2) is 10.3. The predicted molar refractivity (Wildman–Crippen MR) is 129 cm³/mol. The van der Waals surface area contributed by atoms with Gasteiger partial charge in [-0.25, -0.2) is 4.79 Å². The van der Waals surface area contributed by atoms with Gasteiger partial charge in [0.25, 0.3) is 0 Å². The lowest BCUT2D eigenvalue weighted by molar-refractivity contribution is -0.145. The van der Waals surface area contributed by atoms with Crippen molar-refractivity contribution in [3.63, 3.8) is 0 Å². The van der Waals surface area contributed by atoms with Crippen LogP contribution in [-0.4, -0.2) is 22.3 Å². The van der Waals surface area contributed by atoms with E-state index in [0.717, 1.165) is 16.7 Å². The van der Waals surface area contributed by atoms with Gasteiger partial charge in [-0.15, -0.1) is 0 Å². The molecular weight excluding hydrogens is 485 g/mol. The van der Waals surface area contributed by atoms with Crippen LogP contribution < -0.4 is 4.74 Å². The molecule has 1 aromatic heterocycles. The Bertz CT molecular complexity index is 1240. The van der Waals surface area contributed by atoms with Gasteiger partial charge in [0.05, 0.1) is 16.8 Å². The van der Waals surface area contributed by atoms with Crippen molar-refractivity contribution in [1.82, 2.24) is 5.16 Å². The quantitative estimate of drug-likeness (QED) is 0.271. The first-order valence-corrected chi connectivity index (χ1v) is 11.2. The van der Waals surface area contributed by atoms with Gasteiger partial charge < -0.3 is 14.4 Å². The van der Waals surface area contributed by atoms with Crippen LogP contribution in [0.5, 0.6) is 5.75 Å². The number of ether oxygens (including phenoxy) is 1. The Morgan fingerprint density at radius 2 is 1.61 bits per heavy atom. The molecule has 0 radical (unpaired) electrons. The largest absolute Gasteiger partial charge is 0.479 e. The zero-order valence-corrected chi connectivity index (χ0v) is 19.4. The molecule has 1 N–H and O–H groups in total. The van der Waals surface area contributed by atoms with Gasteiger partial charge in [0.2, 0.25) is 0 Å². The van der Waals surface area contributed by atoms with E-state index in [0.29, 0.717) is 27.8 Å². The van der Waals surface area contributed by atoms with Crippen LogP contribution in [0.3, 0.4) is 0 Å². The highest BCUT2D eigenvalue weighted by molar-refractivity contribution is 6.36. The fourth-order valence-corrected chi connectivity index (χ4v) is 4.06. The van der Waals surface area contributed by atoms with E-state index in [1.54, 1.807) is 12.1 Å². The van der Waals surface area contributed by atoms with E-state index in [4.69, 9.17) is 44.1 Å². The van der Waals surface area contributed by atoms with E-state index >= 15 is 0 Å². The molecule has 1 heterocycles. The molecule has 0 aliphatic rings. The van der Waals surface area contributed by atoms with Crippen LogP contribution in [0.1, 0.15) is 12.0 Å². The Hall–Kier alpha value is -2.99. The third kappa shape index (κ3) is 5.69. The topological polar surface area (TPSA) is 72.6 Å². The first-order chi connectivity index (χ1) is 15.9. The summed E-state index contributed by atoms with van der Waals surface area (Å²) in [6, 6.07) is 20.2. The number of nitrogens with zero attached hydrogens (tertiary/aromatic N) is 1. The number of hydrogen-bond donors (Lipinski definition) is 1. The molecule has 0 aliphatic carbocycles. The fourth-order valence-electron chi connectivity index (χ4n) is 3.40. The summed E-state index contributed by atoms with van der Waals surface area (Å²) in [6.07, 6.45) is 1.09. The molecule has 0 amide bonds. The molecule has 0 saturated carbocycles. The van der Waals surface area contributed by atoms with Crippen LogP contribution >= 0.6 is 34.8 Å².